The third-order valence-corrected chi connectivity index (χ3v) is 3.25. The van der Waals surface area contributed by atoms with Crippen molar-refractivity contribution in [3.63, 3.8) is 0 Å². The number of alkyl halides is 3. The van der Waals surface area contributed by atoms with Crippen LogP contribution in [0.4, 0.5) is 18.9 Å². The Hall–Kier alpha value is -1.76. The van der Waals surface area contributed by atoms with Gasteiger partial charge in [0, 0.05) is 33.4 Å². The summed E-state index contributed by atoms with van der Waals surface area (Å²) in [5.41, 5.74) is 3.94. The van der Waals surface area contributed by atoms with E-state index in [1.807, 2.05) is 31.1 Å². The molecule has 0 radical (unpaired) electrons. The van der Waals surface area contributed by atoms with Gasteiger partial charge < -0.3 is 15.5 Å². The lowest BCUT2D eigenvalue weighted by atomic mass is 10.0. The molecule has 1 rings (SSSR count). The van der Waals surface area contributed by atoms with Crippen LogP contribution in [0.3, 0.4) is 0 Å². The molecular weight excluding hydrogens is 283 g/mol. The molecule has 1 unspecified atom stereocenters. The lowest BCUT2D eigenvalue weighted by Gasteiger charge is -2.31. The zero-order valence-corrected chi connectivity index (χ0v) is 12.5. The number of anilines is 1. The average molecular weight is 303 g/mol. The van der Waals surface area contributed by atoms with Crippen molar-refractivity contribution < 1.29 is 18.0 Å². The van der Waals surface area contributed by atoms with Gasteiger partial charge in [0.05, 0.1) is 0 Å². The summed E-state index contributed by atoms with van der Waals surface area (Å²) in [6.07, 6.45) is -4.78. The van der Waals surface area contributed by atoms with Crippen LogP contribution in [-0.4, -0.2) is 43.7 Å². The number of nitrogens with zero attached hydrogens (tertiary/aromatic N) is 2. The zero-order chi connectivity index (χ0) is 16.4. The van der Waals surface area contributed by atoms with Crippen molar-refractivity contribution in [1.82, 2.24) is 4.90 Å². The molecule has 0 spiro atoms. The van der Waals surface area contributed by atoms with E-state index in [-0.39, 0.29) is 6.54 Å². The molecule has 1 aromatic rings. The van der Waals surface area contributed by atoms with Crippen molar-refractivity contribution in [1.29, 1.82) is 0 Å². The standard InChI is InChI=1S/C14H20F3N3O/c1-13(18,14(15,16)17)12(21)20(4)9-10-5-7-11(8-6-10)19(2)3/h5-8H,9,18H2,1-4H3. The van der Waals surface area contributed by atoms with Crippen molar-refractivity contribution >= 4 is 11.6 Å². The highest BCUT2D eigenvalue weighted by Gasteiger charge is 2.54. The van der Waals surface area contributed by atoms with Crippen LogP contribution >= 0.6 is 0 Å². The molecule has 4 nitrogen and oxygen atoms in total. The van der Waals surface area contributed by atoms with Crippen molar-refractivity contribution in [3.8, 4) is 0 Å². The summed E-state index contributed by atoms with van der Waals surface area (Å²) in [4.78, 5) is 14.7. The molecule has 0 bridgehead atoms. The van der Waals surface area contributed by atoms with E-state index in [4.69, 9.17) is 5.73 Å². The van der Waals surface area contributed by atoms with Crippen molar-refractivity contribution in [2.45, 2.75) is 25.2 Å². The molecule has 0 aliphatic heterocycles. The number of amides is 1. The van der Waals surface area contributed by atoms with E-state index < -0.39 is 17.6 Å². The molecule has 0 heterocycles. The largest absolute Gasteiger partial charge is 0.415 e. The van der Waals surface area contributed by atoms with E-state index >= 15 is 0 Å². The number of halogens is 3. The van der Waals surface area contributed by atoms with E-state index in [2.05, 4.69) is 0 Å². The second kappa shape index (κ2) is 5.93. The maximum atomic E-state index is 12.7. The van der Waals surface area contributed by atoms with E-state index in [9.17, 15) is 18.0 Å². The number of nitrogens with two attached hydrogens (primary N) is 1. The van der Waals surface area contributed by atoms with Crippen molar-refractivity contribution in [2.75, 3.05) is 26.0 Å². The first-order valence-corrected chi connectivity index (χ1v) is 6.34. The van der Waals surface area contributed by atoms with Crippen LogP contribution in [0.5, 0.6) is 0 Å². The second-order valence-electron chi connectivity index (χ2n) is 5.42. The number of likely N-dealkylation sites (N-methyl/N-ethyl adjacent to an activating group) is 1. The van der Waals surface area contributed by atoms with Crippen LogP contribution < -0.4 is 10.6 Å². The first-order chi connectivity index (χ1) is 9.46. The van der Waals surface area contributed by atoms with Gasteiger partial charge in [-0.2, -0.15) is 13.2 Å². The van der Waals surface area contributed by atoms with Gasteiger partial charge in [0.2, 0.25) is 0 Å². The molecule has 2 N–H and O–H groups in total. The van der Waals surface area contributed by atoms with Gasteiger partial charge in [0.25, 0.3) is 5.91 Å². The number of benzene rings is 1. The SMILES string of the molecule is CN(Cc1ccc(N(C)C)cc1)C(=O)C(C)(N)C(F)(F)F. The van der Waals surface area contributed by atoms with Crippen LogP contribution in [-0.2, 0) is 11.3 Å². The fraction of sp³-hybridized carbons (Fsp3) is 0.500. The Morgan fingerprint density at radius 2 is 1.62 bits per heavy atom. The quantitative estimate of drug-likeness (QED) is 0.925. The third-order valence-electron chi connectivity index (χ3n) is 3.25. The Balaban J connectivity index is 2.81. The average Bonchev–Trinajstić information content (AvgIpc) is 2.36. The van der Waals surface area contributed by atoms with Gasteiger partial charge in [0.1, 0.15) is 0 Å². The van der Waals surface area contributed by atoms with E-state index in [1.54, 1.807) is 12.1 Å². The van der Waals surface area contributed by atoms with Gasteiger partial charge in [-0.25, -0.2) is 0 Å². The summed E-state index contributed by atoms with van der Waals surface area (Å²) < 4.78 is 38.2. The summed E-state index contributed by atoms with van der Waals surface area (Å²) in [6, 6.07) is 7.19. The molecule has 21 heavy (non-hydrogen) atoms. The number of carbonyl (C=O) groups is 1. The monoisotopic (exact) mass is 303 g/mol. The predicted octanol–water partition coefficient (Wildman–Crippen LogP) is 1.99. The Bertz CT molecular complexity index is 495. The minimum atomic E-state index is -4.78. The zero-order valence-electron chi connectivity index (χ0n) is 12.5. The molecular formula is C14H20F3N3O. The van der Waals surface area contributed by atoms with Gasteiger partial charge in [-0.15, -0.1) is 0 Å². The van der Waals surface area contributed by atoms with Crippen molar-refractivity contribution in [2.24, 2.45) is 5.73 Å². The van der Waals surface area contributed by atoms with Crippen LogP contribution in [0.15, 0.2) is 24.3 Å². The van der Waals surface area contributed by atoms with Crippen LogP contribution in [0.1, 0.15) is 12.5 Å². The molecule has 0 saturated heterocycles. The number of hydrogen-bond acceptors (Lipinski definition) is 3. The molecule has 7 heteroatoms. The van der Waals surface area contributed by atoms with Crippen LogP contribution in [0.25, 0.3) is 0 Å². The number of rotatable bonds is 4. The van der Waals surface area contributed by atoms with Crippen LogP contribution in [0, 0.1) is 0 Å². The highest BCUT2D eigenvalue weighted by atomic mass is 19.4. The summed E-state index contributed by atoms with van der Waals surface area (Å²) in [6.45, 7) is 0.746. The lowest BCUT2D eigenvalue weighted by Crippen LogP contribution is -2.61. The first-order valence-electron chi connectivity index (χ1n) is 6.34. The van der Waals surface area contributed by atoms with Gasteiger partial charge in [-0.05, 0) is 24.6 Å². The second-order valence-corrected chi connectivity index (χ2v) is 5.42. The summed E-state index contributed by atoms with van der Waals surface area (Å²) in [5, 5.41) is 0. The molecule has 1 amide bonds. The van der Waals surface area contributed by atoms with Gasteiger partial charge in [-0.1, -0.05) is 12.1 Å². The Labute approximate surface area is 122 Å². The summed E-state index contributed by atoms with van der Waals surface area (Å²) >= 11 is 0. The minimum Gasteiger partial charge on any atom is -0.378 e. The molecule has 1 aromatic carbocycles. The predicted molar refractivity (Wildman–Crippen MR) is 75.9 cm³/mol. The van der Waals surface area contributed by atoms with Crippen molar-refractivity contribution in [3.05, 3.63) is 29.8 Å². The van der Waals surface area contributed by atoms with E-state index in [0.29, 0.717) is 6.92 Å². The van der Waals surface area contributed by atoms with Gasteiger partial charge in [0.15, 0.2) is 5.54 Å². The lowest BCUT2D eigenvalue weighted by molar-refractivity contribution is -0.193. The van der Waals surface area contributed by atoms with Gasteiger partial charge in [-0.3, -0.25) is 4.79 Å². The fourth-order valence-electron chi connectivity index (χ4n) is 1.76. The smallest absolute Gasteiger partial charge is 0.378 e. The fourth-order valence-corrected chi connectivity index (χ4v) is 1.76. The highest BCUT2D eigenvalue weighted by Crippen LogP contribution is 2.29. The highest BCUT2D eigenvalue weighted by molar-refractivity contribution is 5.86. The Morgan fingerprint density at radius 1 is 1.14 bits per heavy atom. The molecule has 0 saturated carbocycles. The summed E-state index contributed by atoms with van der Waals surface area (Å²) in [5.74, 6) is -1.16. The number of carbonyl (C=O) groups excluding carboxylic acids is 1. The third kappa shape index (κ3) is 3.87. The summed E-state index contributed by atoms with van der Waals surface area (Å²) in [7, 11) is 5.07. The van der Waals surface area contributed by atoms with E-state index in [0.717, 1.165) is 16.2 Å². The van der Waals surface area contributed by atoms with Crippen LogP contribution in [0.2, 0.25) is 0 Å². The topological polar surface area (TPSA) is 49.6 Å². The normalized spacial score (nSPS) is 14.5. The van der Waals surface area contributed by atoms with E-state index in [1.165, 1.54) is 7.05 Å². The maximum absolute atomic E-state index is 12.7. The maximum Gasteiger partial charge on any atom is 0.415 e. The van der Waals surface area contributed by atoms with Gasteiger partial charge >= 0.3 is 6.18 Å². The molecule has 0 aliphatic carbocycles. The molecule has 118 valence electrons. The minimum absolute atomic E-state index is 0.0649. The molecule has 0 fully saturated rings. The Kier molecular flexibility index (Phi) is 4.88. The first kappa shape index (κ1) is 17.3. The molecule has 0 aliphatic rings. The molecule has 1 atom stereocenters. The Morgan fingerprint density at radius 3 is 2.00 bits per heavy atom. The number of hydrogen-bond donors (Lipinski definition) is 1. The molecule has 0 aromatic heterocycles.